The van der Waals surface area contributed by atoms with Gasteiger partial charge in [-0.2, -0.15) is 0 Å². The number of hydrogen-bond acceptors (Lipinski definition) is 3. The van der Waals surface area contributed by atoms with Crippen molar-refractivity contribution >= 4 is 38.8 Å². The SMILES string of the molecule is Nc1nc2cc(F)c(Br)cc2n1CCNC(=O)C1CC1. The number of imidazole rings is 1. The zero-order valence-electron chi connectivity index (χ0n) is 10.7. The lowest BCUT2D eigenvalue weighted by atomic mass is 10.3. The predicted octanol–water partition coefficient (Wildman–Crippen LogP) is 2.05. The number of nitrogens with zero attached hydrogens (tertiary/aromatic N) is 2. The van der Waals surface area contributed by atoms with Gasteiger partial charge in [0.25, 0.3) is 0 Å². The predicted molar refractivity (Wildman–Crippen MR) is 77.5 cm³/mol. The quantitative estimate of drug-likeness (QED) is 0.894. The van der Waals surface area contributed by atoms with Crippen molar-refractivity contribution in [1.82, 2.24) is 14.9 Å². The van der Waals surface area contributed by atoms with Crippen LogP contribution in [0.2, 0.25) is 0 Å². The second-order valence-electron chi connectivity index (χ2n) is 4.94. The fourth-order valence-corrected chi connectivity index (χ4v) is 2.49. The minimum Gasteiger partial charge on any atom is -0.369 e. The molecular formula is C13H14BrFN4O. The van der Waals surface area contributed by atoms with E-state index in [-0.39, 0.29) is 17.6 Å². The van der Waals surface area contributed by atoms with E-state index in [1.165, 1.54) is 6.07 Å². The summed E-state index contributed by atoms with van der Waals surface area (Å²) in [6.45, 7) is 0.999. The van der Waals surface area contributed by atoms with Crippen molar-refractivity contribution in [3.8, 4) is 0 Å². The Labute approximate surface area is 123 Å². The molecule has 0 unspecified atom stereocenters. The molecular weight excluding hydrogens is 327 g/mol. The van der Waals surface area contributed by atoms with Gasteiger partial charge in [0.05, 0.1) is 15.5 Å². The topological polar surface area (TPSA) is 72.9 Å². The Morgan fingerprint density at radius 1 is 1.55 bits per heavy atom. The standard InChI is InChI=1S/C13H14BrFN4O/c14-8-5-11-10(6-9(8)15)18-13(16)19(11)4-3-17-12(20)7-1-2-7/h5-7H,1-4H2,(H2,16,18)(H,17,20). The van der Waals surface area contributed by atoms with E-state index in [0.29, 0.717) is 29.0 Å². The second kappa shape index (κ2) is 5.05. The molecule has 0 spiro atoms. The van der Waals surface area contributed by atoms with Gasteiger partial charge < -0.3 is 15.6 Å². The first-order valence-corrected chi connectivity index (χ1v) is 7.24. The number of halogens is 2. The summed E-state index contributed by atoms with van der Waals surface area (Å²) in [5.74, 6) is 0.234. The molecule has 1 aliphatic carbocycles. The van der Waals surface area contributed by atoms with Crippen LogP contribution in [-0.2, 0) is 11.3 Å². The molecule has 0 saturated heterocycles. The van der Waals surface area contributed by atoms with E-state index in [4.69, 9.17) is 5.73 Å². The monoisotopic (exact) mass is 340 g/mol. The van der Waals surface area contributed by atoms with Crippen molar-refractivity contribution in [1.29, 1.82) is 0 Å². The minimum absolute atomic E-state index is 0.0974. The van der Waals surface area contributed by atoms with Gasteiger partial charge in [0.15, 0.2) is 0 Å². The van der Waals surface area contributed by atoms with Gasteiger partial charge in [0, 0.05) is 25.1 Å². The van der Waals surface area contributed by atoms with E-state index < -0.39 is 0 Å². The Balaban J connectivity index is 1.77. The first kappa shape index (κ1) is 13.4. The summed E-state index contributed by atoms with van der Waals surface area (Å²) >= 11 is 3.15. The number of nitrogens with two attached hydrogens (primary N) is 1. The number of amides is 1. The maximum Gasteiger partial charge on any atom is 0.223 e. The maximum atomic E-state index is 13.4. The zero-order chi connectivity index (χ0) is 14.3. The first-order chi connectivity index (χ1) is 9.56. The van der Waals surface area contributed by atoms with Crippen LogP contribution in [0.5, 0.6) is 0 Å². The molecule has 1 aliphatic rings. The van der Waals surface area contributed by atoms with Gasteiger partial charge in [-0.05, 0) is 34.8 Å². The minimum atomic E-state index is -0.371. The highest BCUT2D eigenvalue weighted by molar-refractivity contribution is 9.10. The molecule has 7 heteroatoms. The van der Waals surface area contributed by atoms with Crippen molar-refractivity contribution in [2.45, 2.75) is 19.4 Å². The number of benzene rings is 1. The number of nitrogen functional groups attached to an aromatic ring is 1. The van der Waals surface area contributed by atoms with E-state index in [0.717, 1.165) is 18.4 Å². The molecule has 1 aromatic carbocycles. The van der Waals surface area contributed by atoms with Gasteiger partial charge in [-0.25, -0.2) is 9.37 Å². The van der Waals surface area contributed by atoms with Crippen LogP contribution in [-0.4, -0.2) is 22.0 Å². The van der Waals surface area contributed by atoms with Gasteiger partial charge in [-0.15, -0.1) is 0 Å². The van der Waals surface area contributed by atoms with Crippen LogP contribution in [0.1, 0.15) is 12.8 Å². The van der Waals surface area contributed by atoms with Crippen molar-refractivity contribution in [2.75, 3.05) is 12.3 Å². The third kappa shape index (κ3) is 2.49. The smallest absolute Gasteiger partial charge is 0.223 e. The van der Waals surface area contributed by atoms with Crippen LogP contribution in [0.3, 0.4) is 0 Å². The number of nitrogens with one attached hydrogen (secondary N) is 1. The summed E-state index contributed by atoms with van der Waals surface area (Å²) in [6, 6.07) is 2.99. The highest BCUT2D eigenvalue weighted by Crippen LogP contribution is 2.28. The van der Waals surface area contributed by atoms with E-state index in [9.17, 15) is 9.18 Å². The molecule has 20 heavy (non-hydrogen) atoms. The number of hydrogen-bond donors (Lipinski definition) is 2. The van der Waals surface area contributed by atoms with Crippen LogP contribution >= 0.6 is 15.9 Å². The van der Waals surface area contributed by atoms with Crippen LogP contribution in [0, 0.1) is 11.7 Å². The Hall–Kier alpha value is -1.63. The average Bonchev–Trinajstić information content (AvgIpc) is 3.19. The number of carbonyl (C=O) groups excluding carboxylic acids is 1. The van der Waals surface area contributed by atoms with Gasteiger partial charge in [-0.3, -0.25) is 4.79 Å². The van der Waals surface area contributed by atoms with Gasteiger partial charge in [0.2, 0.25) is 11.9 Å². The summed E-state index contributed by atoms with van der Waals surface area (Å²) in [6.07, 6.45) is 1.96. The molecule has 1 fully saturated rings. The molecule has 1 amide bonds. The van der Waals surface area contributed by atoms with Gasteiger partial charge in [0.1, 0.15) is 5.82 Å². The molecule has 106 valence electrons. The number of aromatic nitrogens is 2. The fourth-order valence-electron chi connectivity index (χ4n) is 2.15. The van der Waals surface area contributed by atoms with E-state index in [1.54, 1.807) is 10.6 Å². The molecule has 1 aromatic heterocycles. The Kier molecular flexibility index (Phi) is 3.37. The summed E-state index contributed by atoms with van der Waals surface area (Å²) in [7, 11) is 0. The highest BCUT2D eigenvalue weighted by atomic mass is 79.9. The number of anilines is 1. The highest BCUT2D eigenvalue weighted by Gasteiger charge is 2.29. The van der Waals surface area contributed by atoms with Crippen molar-refractivity contribution < 1.29 is 9.18 Å². The van der Waals surface area contributed by atoms with Gasteiger partial charge >= 0.3 is 0 Å². The Bertz CT molecular complexity index is 681. The molecule has 3 N–H and O–H groups in total. The van der Waals surface area contributed by atoms with Crippen LogP contribution in [0.25, 0.3) is 11.0 Å². The molecule has 0 bridgehead atoms. The average molecular weight is 341 g/mol. The molecule has 5 nitrogen and oxygen atoms in total. The second-order valence-corrected chi connectivity index (χ2v) is 5.80. The van der Waals surface area contributed by atoms with E-state index in [1.807, 2.05) is 0 Å². The first-order valence-electron chi connectivity index (χ1n) is 6.44. The van der Waals surface area contributed by atoms with Crippen molar-refractivity contribution in [3.63, 3.8) is 0 Å². The summed E-state index contributed by atoms with van der Waals surface area (Å²) < 4.78 is 15.6. The summed E-state index contributed by atoms with van der Waals surface area (Å²) in [4.78, 5) is 15.7. The van der Waals surface area contributed by atoms with E-state index in [2.05, 4.69) is 26.2 Å². The number of rotatable bonds is 4. The molecule has 0 radical (unpaired) electrons. The van der Waals surface area contributed by atoms with Crippen LogP contribution < -0.4 is 11.1 Å². The molecule has 2 aromatic rings. The lowest BCUT2D eigenvalue weighted by Crippen LogP contribution is -2.28. The summed E-state index contributed by atoms with van der Waals surface area (Å²) in [5, 5.41) is 2.87. The Morgan fingerprint density at radius 3 is 3.00 bits per heavy atom. The lowest BCUT2D eigenvalue weighted by Gasteiger charge is -2.08. The molecule has 0 aliphatic heterocycles. The van der Waals surface area contributed by atoms with Crippen molar-refractivity contribution in [3.05, 3.63) is 22.4 Å². The number of fused-ring (bicyclic) bond motifs is 1. The zero-order valence-corrected chi connectivity index (χ0v) is 12.3. The maximum absolute atomic E-state index is 13.4. The normalized spacial score (nSPS) is 14.7. The number of carbonyl (C=O) groups is 1. The van der Waals surface area contributed by atoms with Gasteiger partial charge in [-0.1, -0.05) is 0 Å². The Morgan fingerprint density at radius 2 is 2.30 bits per heavy atom. The van der Waals surface area contributed by atoms with Crippen LogP contribution in [0.4, 0.5) is 10.3 Å². The molecule has 1 saturated carbocycles. The largest absolute Gasteiger partial charge is 0.369 e. The van der Waals surface area contributed by atoms with E-state index >= 15 is 0 Å². The molecule has 3 rings (SSSR count). The third-order valence-corrected chi connectivity index (χ3v) is 4.01. The van der Waals surface area contributed by atoms with Crippen molar-refractivity contribution in [2.24, 2.45) is 5.92 Å². The summed E-state index contributed by atoms with van der Waals surface area (Å²) in [5.41, 5.74) is 7.10. The molecule has 1 heterocycles. The fraction of sp³-hybridized carbons (Fsp3) is 0.385. The lowest BCUT2D eigenvalue weighted by molar-refractivity contribution is -0.122. The van der Waals surface area contributed by atoms with Crippen LogP contribution in [0.15, 0.2) is 16.6 Å². The molecule has 0 atom stereocenters. The third-order valence-electron chi connectivity index (χ3n) is 3.40.